The Kier molecular flexibility index (Phi) is 3.51. The zero-order valence-corrected chi connectivity index (χ0v) is 12.7. The summed E-state index contributed by atoms with van der Waals surface area (Å²) in [6.07, 6.45) is 2.33. The number of nitrogens with two attached hydrogens (primary N) is 1. The predicted molar refractivity (Wildman–Crippen MR) is 85.8 cm³/mol. The molecule has 0 unspecified atom stereocenters. The lowest BCUT2D eigenvalue weighted by molar-refractivity contribution is 0.920. The van der Waals surface area contributed by atoms with Gasteiger partial charge >= 0.3 is 0 Å². The van der Waals surface area contributed by atoms with E-state index >= 15 is 0 Å². The highest BCUT2D eigenvalue weighted by atomic mass is 15.3. The molecule has 1 fully saturated rings. The molecule has 1 aliphatic rings. The standard InChI is InChI=1S/C16H21N5/c1-9-4-5-10(2)13(8-9)18-14-11(3)15(21-17)20-16(19-14)12-6-7-12/h4-5,8,12H,6-7,17H2,1-3H3,(H2,18,19,20,21). The SMILES string of the molecule is Cc1ccc(C)c(Nc2nc(C3CC3)nc(NN)c2C)c1. The Labute approximate surface area is 125 Å². The number of nitrogens with zero attached hydrogens (tertiary/aromatic N) is 2. The molecule has 0 saturated heterocycles. The Hall–Kier alpha value is -2.14. The molecule has 4 N–H and O–H groups in total. The summed E-state index contributed by atoms with van der Waals surface area (Å²) < 4.78 is 0. The number of anilines is 3. The molecule has 0 atom stereocenters. The molecule has 110 valence electrons. The molecule has 0 bridgehead atoms. The van der Waals surface area contributed by atoms with Crippen molar-refractivity contribution in [2.24, 2.45) is 5.84 Å². The average Bonchev–Trinajstić information content (AvgIpc) is 3.29. The molecule has 1 aliphatic carbocycles. The molecule has 0 amide bonds. The first-order chi connectivity index (χ1) is 10.1. The van der Waals surface area contributed by atoms with Crippen molar-refractivity contribution in [3.63, 3.8) is 0 Å². The van der Waals surface area contributed by atoms with Gasteiger partial charge in [-0.1, -0.05) is 12.1 Å². The van der Waals surface area contributed by atoms with Crippen LogP contribution < -0.4 is 16.6 Å². The maximum atomic E-state index is 5.59. The normalized spacial score (nSPS) is 14.1. The summed E-state index contributed by atoms with van der Waals surface area (Å²) in [5, 5.41) is 3.43. The first-order valence-electron chi connectivity index (χ1n) is 7.28. The van der Waals surface area contributed by atoms with Gasteiger partial charge in [0.1, 0.15) is 17.5 Å². The molecule has 1 heterocycles. The summed E-state index contributed by atoms with van der Waals surface area (Å²) in [5.41, 5.74) is 7.09. The van der Waals surface area contributed by atoms with Gasteiger partial charge < -0.3 is 10.7 Å². The summed E-state index contributed by atoms with van der Waals surface area (Å²) in [6.45, 7) is 6.14. The molecular weight excluding hydrogens is 262 g/mol. The van der Waals surface area contributed by atoms with Gasteiger partial charge in [-0.2, -0.15) is 0 Å². The molecule has 2 aromatic rings. The summed E-state index contributed by atoms with van der Waals surface area (Å²) in [5.74, 6) is 8.47. The van der Waals surface area contributed by atoms with E-state index in [9.17, 15) is 0 Å². The minimum absolute atomic E-state index is 0.483. The van der Waals surface area contributed by atoms with E-state index in [0.29, 0.717) is 11.7 Å². The number of hydrogen-bond donors (Lipinski definition) is 3. The third-order valence-electron chi connectivity index (χ3n) is 3.89. The van der Waals surface area contributed by atoms with Crippen LogP contribution in [0.2, 0.25) is 0 Å². The second-order valence-electron chi connectivity index (χ2n) is 5.77. The van der Waals surface area contributed by atoms with Crippen molar-refractivity contribution in [3.05, 3.63) is 40.7 Å². The fourth-order valence-electron chi connectivity index (χ4n) is 2.32. The van der Waals surface area contributed by atoms with Crippen molar-refractivity contribution in [3.8, 4) is 0 Å². The Morgan fingerprint density at radius 3 is 2.48 bits per heavy atom. The largest absolute Gasteiger partial charge is 0.340 e. The van der Waals surface area contributed by atoms with E-state index in [-0.39, 0.29) is 0 Å². The number of rotatable bonds is 4. The van der Waals surface area contributed by atoms with Gasteiger partial charge in [0.05, 0.1) is 0 Å². The molecular formula is C16H21N5. The van der Waals surface area contributed by atoms with Crippen LogP contribution in [0.15, 0.2) is 18.2 Å². The lowest BCUT2D eigenvalue weighted by Gasteiger charge is -2.15. The highest BCUT2D eigenvalue weighted by molar-refractivity contribution is 5.67. The van der Waals surface area contributed by atoms with Crippen LogP contribution in [0, 0.1) is 20.8 Å². The van der Waals surface area contributed by atoms with Crippen molar-refractivity contribution in [2.75, 3.05) is 10.7 Å². The molecule has 21 heavy (non-hydrogen) atoms. The first-order valence-corrected chi connectivity index (χ1v) is 7.28. The van der Waals surface area contributed by atoms with Crippen LogP contribution in [0.25, 0.3) is 0 Å². The highest BCUT2D eigenvalue weighted by Gasteiger charge is 2.28. The van der Waals surface area contributed by atoms with E-state index in [1.807, 2.05) is 6.92 Å². The van der Waals surface area contributed by atoms with Crippen LogP contribution in [0.5, 0.6) is 0 Å². The van der Waals surface area contributed by atoms with Crippen LogP contribution >= 0.6 is 0 Å². The molecule has 0 aliphatic heterocycles. The van der Waals surface area contributed by atoms with Crippen LogP contribution in [0.3, 0.4) is 0 Å². The zero-order chi connectivity index (χ0) is 15.0. The van der Waals surface area contributed by atoms with Crippen LogP contribution in [-0.4, -0.2) is 9.97 Å². The maximum absolute atomic E-state index is 5.59. The molecule has 3 rings (SSSR count). The average molecular weight is 283 g/mol. The lowest BCUT2D eigenvalue weighted by Crippen LogP contribution is -2.14. The summed E-state index contributed by atoms with van der Waals surface area (Å²) in [7, 11) is 0. The van der Waals surface area contributed by atoms with Crippen molar-refractivity contribution in [2.45, 2.75) is 39.5 Å². The zero-order valence-electron chi connectivity index (χ0n) is 12.7. The number of nitrogen functional groups attached to an aromatic ring is 1. The summed E-state index contributed by atoms with van der Waals surface area (Å²) in [6, 6.07) is 6.34. The summed E-state index contributed by atoms with van der Waals surface area (Å²) in [4.78, 5) is 9.20. The van der Waals surface area contributed by atoms with Gasteiger partial charge in [0, 0.05) is 17.2 Å². The Morgan fingerprint density at radius 2 is 1.81 bits per heavy atom. The second-order valence-corrected chi connectivity index (χ2v) is 5.77. The Balaban J connectivity index is 2.00. The molecule has 0 radical (unpaired) electrons. The van der Waals surface area contributed by atoms with Gasteiger partial charge in [-0.3, -0.25) is 0 Å². The third kappa shape index (κ3) is 2.83. The number of aromatic nitrogens is 2. The Bertz CT molecular complexity index is 677. The number of hydrazine groups is 1. The smallest absolute Gasteiger partial charge is 0.148 e. The molecule has 1 aromatic carbocycles. The Morgan fingerprint density at radius 1 is 1.10 bits per heavy atom. The highest BCUT2D eigenvalue weighted by Crippen LogP contribution is 2.39. The number of nitrogens with one attached hydrogen (secondary N) is 2. The van der Waals surface area contributed by atoms with Crippen molar-refractivity contribution < 1.29 is 0 Å². The predicted octanol–water partition coefficient (Wildman–Crippen LogP) is 3.31. The van der Waals surface area contributed by atoms with Gasteiger partial charge in [-0.05, 0) is 50.8 Å². The van der Waals surface area contributed by atoms with E-state index in [1.165, 1.54) is 11.1 Å². The first kappa shape index (κ1) is 13.8. The van der Waals surface area contributed by atoms with E-state index < -0.39 is 0 Å². The van der Waals surface area contributed by atoms with Crippen LogP contribution in [0.1, 0.15) is 41.3 Å². The minimum Gasteiger partial charge on any atom is -0.340 e. The van der Waals surface area contributed by atoms with Gasteiger partial charge in [-0.25, -0.2) is 15.8 Å². The van der Waals surface area contributed by atoms with Crippen molar-refractivity contribution in [1.29, 1.82) is 0 Å². The number of aryl methyl sites for hydroxylation is 2. The molecule has 1 aromatic heterocycles. The van der Waals surface area contributed by atoms with E-state index in [0.717, 1.165) is 35.7 Å². The minimum atomic E-state index is 0.483. The number of hydrogen-bond acceptors (Lipinski definition) is 5. The van der Waals surface area contributed by atoms with Crippen molar-refractivity contribution >= 4 is 17.3 Å². The van der Waals surface area contributed by atoms with E-state index in [1.54, 1.807) is 0 Å². The van der Waals surface area contributed by atoms with Gasteiger partial charge in [0.25, 0.3) is 0 Å². The molecule has 5 heteroatoms. The van der Waals surface area contributed by atoms with Crippen LogP contribution in [-0.2, 0) is 0 Å². The quantitative estimate of drug-likeness (QED) is 0.593. The summed E-state index contributed by atoms with van der Waals surface area (Å²) >= 11 is 0. The third-order valence-corrected chi connectivity index (χ3v) is 3.89. The van der Waals surface area contributed by atoms with E-state index in [4.69, 9.17) is 10.8 Å². The fraction of sp³-hybridized carbons (Fsp3) is 0.375. The molecule has 5 nitrogen and oxygen atoms in total. The lowest BCUT2D eigenvalue weighted by atomic mass is 10.1. The fourth-order valence-corrected chi connectivity index (χ4v) is 2.32. The van der Waals surface area contributed by atoms with Crippen LogP contribution in [0.4, 0.5) is 17.3 Å². The van der Waals surface area contributed by atoms with E-state index in [2.05, 4.69) is 47.8 Å². The topological polar surface area (TPSA) is 75.9 Å². The second kappa shape index (κ2) is 5.33. The molecule has 1 saturated carbocycles. The monoisotopic (exact) mass is 283 g/mol. The van der Waals surface area contributed by atoms with Gasteiger partial charge in [-0.15, -0.1) is 0 Å². The molecule has 0 spiro atoms. The van der Waals surface area contributed by atoms with Gasteiger partial charge in [0.2, 0.25) is 0 Å². The maximum Gasteiger partial charge on any atom is 0.148 e. The van der Waals surface area contributed by atoms with Gasteiger partial charge in [0.15, 0.2) is 0 Å². The number of benzene rings is 1. The van der Waals surface area contributed by atoms with Crippen molar-refractivity contribution in [1.82, 2.24) is 9.97 Å².